The Labute approximate surface area is 125 Å². The Balaban J connectivity index is 1.98. The summed E-state index contributed by atoms with van der Waals surface area (Å²) in [7, 11) is 0. The third-order valence-corrected chi connectivity index (χ3v) is 3.96. The van der Waals surface area contributed by atoms with E-state index in [1.165, 1.54) is 6.42 Å². The van der Waals surface area contributed by atoms with Crippen LogP contribution in [0.3, 0.4) is 0 Å². The summed E-state index contributed by atoms with van der Waals surface area (Å²) >= 11 is 6.14. The maximum atomic E-state index is 12.2. The van der Waals surface area contributed by atoms with Gasteiger partial charge in [-0.3, -0.25) is 4.79 Å². The molecule has 0 spiro atoms. The monoisotopic (exact) mass is 295 g/mol. The lowest BCUT2D eigenvalue weighted by molar-refractivity contribution is 0.0937. The summed E-state index contributed by atoms with van der Waals surface area (Å²) in [6.45, 7) is 5.11. The summed E-state index contributed by atoms with van der Waals surface area (Å²) in [5, 5.41) is 6.68. The van der Waals surface area contributed by atoms with E-state index in [4.69, 9.17) is 11.6 Å². The molecule has 4 nitrogen and oxygen atoms in total. The highest BCUT2D eigenvalue weighted by Gasteiger charge is 2.23. The smallest absolute Gasteiger partial charge is 0.253 e. The molecule has 1 aliphatic rings. The van der Waals surface area contributed by atoms with E-state index < -0.39 is 0 Å². The molecule has 0 radical (unpaired) electrons. The van der Waals surface area contributed by atoms with Gasteiger partial charge in [0.15, 0.2) is 0 Å². The molecule has 1 aromatic heterocycles. The molecule has 110 valence electrons. The van der Waals surface area contributed by atoms with Crippen LogP contribution in [0.25, 0.3) is 0 Å². The van der Waals surface area contributed by atoms with E-state index in [2.05, 4.69) is 29.5 Å². The molecule has 0 bridgehead atoms. The minimum absolute atomic E-state index is 0.0828. The molecule has 1 saturated carbocycles. The fraction of sp³-hybridized carbons (Fsp3) is 0.600. The zero-order valence-corrected chi connectivity index (χ0v) is 12.8. The number of anilines is 1. The maximum absolute atomic E-state index is 12.2. The Morgan fingerprint density at radius 2 is 2.30 bits per heavy atom. The van der Waals surface area contributed by atoms with Crippen LogP contribution in [0.4, 0.5) is 5.82 Å². The summed E-state index contributed by atoms with van der Waals surface area (Å²) in [4.78, 5) is 16.4. The lowest BCUT2D eigenvalue weighted by Gasteiger charge is -2.13. The number of rotatable bonds is 5. The minimum atomic E-state index is -0.0828. The van der Waals surface area contributed by atoms with Crippen molar-refractivity contribution in [1.29, 1.82) is 0 Å². The van der Waals surface area contributed by atoms with Crippen LogP contribution in [0, 0.1) is 5.92 Å². The third kappa shape index (κ3) is 3.85. The van der Waals surface area contributed by atoms with Crippen LogP contribution >= 0.6 is 11.6 Å². The maximum Gasteiger partial charge on any atom is 0.253 e. The molecule has 1 heterocycles. The first-order chi connectivity index (χ1) is 9.60. The number of aromatic nitrogens is 1. The van der Waals surface area contributed by atoms with Crippen molar-refractivity contribution >= 4 is 23.3 Å². The van der Waals surface area contributed by atoms with Gasteiger partial charge in [0.05, 0.1) is 10.6 Å². The molecule has 1 fully saturated rings. The molecule has 0 aliphatic heterocycles. The lowest BCUT2D eigenvalue weighted by Crippen LogP contribution is -2.33. The van der Waals surface area contributed by atoms with Gasteiger partial charge < -0.3 is 10.6 Å². The van der Waals surface area contributed by atoms with Gasteiger partial charge >= 0.3 is 0 Å². The molecule has 2 unspecified atom stereocenters. The van der Waals surface area contributed by atoms with Crippen molar-refractivity contribution in [1.82, 2.24) is 10.3 Å². The number of carbonyl (C=O) groups excluding carboxylic acids is 1. The van der Waals surface area contributed by atoms with Gasteiger partial charge in [0, 0.05) is 18.8 Å². The normalized spacial score (nSPS) is 21.8. The van der Waals surface area contributed by atoms with Gasteiger partial charge in [-0.15, -0.1) is 0 Å². The summed E-state index contributed by atoms with van der Waals surface area (Å²) < 4.78 is 0. The Hall–Kier alpha value is -1.29. The number of carbonyl (C=O) groups is 1. The molecule has 20 heavy (non-hydrogen) atoms. The molecule has 5 heteroatoms. The van der Waals surface area contributed by atoms with E-state index in [1.807, 2.05) is 0 Å². The fourth-order valence-electron chi connectivity index (χ4n) is 2.54. The standard InChI is InChI=1S/C15H22ClN3O/c1-3-6-17-14-13(16)8-11(9-18-14)15(20)19-12-5-4-10(2)7-12/h8-10,12H,3-7H2,1-2H3,(H,17,18)(H,19,20). The average Bonchev–Trinajstić information content (AvgIpc) is 2.82. The topological polar surface area (TPSA) is 54.0 Å². The van der Waals surface area contributed by atoms with Crippen molar-refractivity contribution in [2.24, 2.45) is 5.92 Å². The van der Waals surface area contributed by atoms with Crippen molar-refractivity contribution in [3.63, 3.8) is 0 Å². The molecular weight excluding hydrogens is 274 g/mol. The van der Waals surface area contributed by atoms with Gasteiger partial charge in [-0.05, 0) is 37.7 Å². The van der Waals surface area contributed by atoms with Crippen LogP contribution in [0.15, 0.2) is 12.3 Å². The molecule has 2 N–H and O–H groups in total. The Morgan fingerprint density at radius 3 is 2.90 bits per heavy atom. The molecule has 1 aliphatic carbocycles. The van der Waals surface area contributed by atoms with E-state index in [0.29, 0.717) is 22.3 Å². The van der Waals surface area contributed by atoms with E-state index >= 15 is 0 Å². The van der Waals surface area contributed by atoms with E-state index in [-0.39, 0.29) is 11.9 Å². The first kappa shape index (κ1) is 15.1. The zero-order chi connectivity index (χ0) is 14.5. The second-order valence-corrected chi connectivity index (χ2v) is 5.98. The third-order valence-electron chi connectivity index (χ3n) is 3.68. The SMILES string of the molecule is CCCNc1ncc(C(=O)NC2CCC(C)C2)cc1Cl. The van der Waals surface area contributed by atoms with E-state index in [9.17, 15) is 4.79 Å². The predicted octanol–water partition coefficient (Wildman–Crippen LogP) is 3.48. The molecule has 2 atom stereocenters. The van der Waals surface area contributed by atoms with Gasteiger partial charge in [0.25, 0.3) is 5.91 Å². The largest absolute Gasteiger partial charge is 0.369 e. The second-order valence-electron chi connectivity index (χ2n) is 5.57. The second kappa shape index (κ2) is 6.93. The van der Waals surface area contributed by atoms with Crippen LogP contribution in [0.2, 0.25) is 5.02 Å². The number of halogens is 1. The number of amides is 1. The summed E-state index contributed by atoms with van der Waals surface area (Å²) in [6, 6.07) is 1.97. The van der Waals surface area contributed by atoms with Crippen molar-refractivity contribution in [3.05, 3.63) is 22.8 Å². The fourth-order valence-corrected chi connectivity index (χ4v) is 2.78. The Bertz CT molecular complexity index is 478. The van der Waals surface area contributed by atoms with Crippen molar-refractivity contribution in [2.75, 3.05) is 11.9 Å². The van der Waals surface area contributed by atoms with Gasteiger partial charge in [0.1, 0.15) is 5.82 Å². The van der Waals surface area contributed by atoms with Crippen LogP contribution in [-0.4, -0.2) is 23.5 Å². The molecule has 0 saturated heterocycles. The number of nitrogens with one attached hydrogen (secondary N) is 2. The summed E-state index contributed by atoms with van der Waals surface area (Å²) in [6.07, 6.45) is 5.88. The van der Waals surface area contributed by atoms with Crippen LogP contribution < -0.4 is 10.6 Å². The van der Waals surface area contributed by atoms with Gasteiger partial charge in [-0.2, -0.15) is 0 Å². The highest BCUT2D eigenvalue weighted by molar-refractivity contribution is 6.33. The van der Waals surface area contributed by atoms with Crippen molar-refractivity contribution in [2.45, 2.75) is 45.6 Å². The van der Waals surface area contributed by atoms with Crippen LogP contribution in [-0.2, 0) is 0 Å². The minimum Gasteiger partial charge on any atom is -0.369 e. The number of nitrogens with zero attached hydrogens (tertiary/aromatic N) is 1. The predicted molar refractivity (Wildman–Crippen MR) is 82.3 cm³/mol. The number of hydrogen-bond acceptors (Lipinski definition) is 3. The Kier molecular flexibility index (Phi) is 5.24. The lowest BCUT2D eigenvalue weighted by atomic mass is 10.1. The van der Waals surface area contributed by atoms with E-state index in [0.717, 1.165) is 25.8 Å². The van der Waals surface area contributed by atoms with Crippen LogP contribution in [0.5, 0.6) is 0 Å². The van der Waals surface area contributed by atoms with Crippen molar-refractivity contribution < 1.29 is 4.79 Å². The zero-order valence-electron chi connectivity index (χ0n) is 12.1. The van der Waals surface area contributed by atoms with Gasteiger partial charge in [-0.25, -0.2) is 4.98 Å². The highest BCUT2D eigenvalue weighted by Crippen LogP contribution is 2.25. The molecule has 2 rings (SSSR count). The van der Waals surface area contributed by atoms with Gasteiger partial charge in [-0.1, -0.05) is 25.4 Å². The van der Waals surface area contributed by atoms with Crippen molar-refractivity contribution in [3.8, 4) is 0 Å². The molecule has 1 amide bonds. The molecular formula is C15H22ClN3O. The summed E-state index contributed by atoms with van der Waals surface area (Å²) in [5.41, 5.74) is 0.525. The van der Waals surface area contributed by atoms with Gasteiger partial charge in [0.2, 0.25) is 0 Å². The summed E-state index contributed by atoms with van der Waals surface area (Å²) in [5.74, 6) is 1.25. The number of hydrogen-bond donors (Lipinski definition) is 2. The Morgan fingerprint density at radius 1 is 1.50 bits per heavy atom. The highest BCUT2D eigenvalue weighted by atomic mass is 35.5. The quantitative estimate of drug-likeness (QED) is 0.874. The first-order valence-corrected chi connectivity index (χ1v) is 7.68. The average molecular weight is 296 g/mol. The first-order valence-electron chi connectivity index (χ1n) is 7.30. The van der Waals surface area contributed by atoms with E-state index in [1.54, 1.807) is 12.3 Å². The molecule has 0 aromatic carbocycles. The van der Waals surface area contributed by atoms with Crippen LogP contribution in [0.1, 0.15) is 49.9 Å². The molecule has 1 aromatic rings. The number of pyridine rings is 1.